The third-order valence-corrected chi connectivity index (χ3v) is 3.47. The average Bonchev–Trinajstić information content (AvgIpc) is 3.10. The summed E-state index contributed by atoms with van der Waals surface area (Å²) < 4.78 is 0.685. The number of nitrogens with zero attached hydrogens (tertiary/aromatic N) is 1. The van der Waals surface area contributed by atoms with Crippen LogP contribution < -0.4 is 0 Å². The summed E-state index contributed by atoms with van der Waals surface area (Å²) in [6.07, 6.45) is 2.46. The zero-order chi connectivity index (χ0) is 12.7. The normalized spacial score (nSPS) is 14.8. The fourth-order valence-corrected chi connectivity index (χ4v) is 2.53. The molecule has 0 spiro atoms. The van der Waals surface area contributed by atoms with Crippen LogP contribution in [-0.4, -0.2) is 9.97 Å². The monoisotopic (exact) mass is 256 g/mol. The third kappa shape index (κ3) is 2.36. The molecule has 1 aromatic heterocycles. The lowest BCUT2D eigenvalue weighted by molar-refractivity contribution is 0.924. The third-order valence-electron chi connectivity index (χ3n) is 3.26. The van der Waals surface area contributed by atoms with Crippen LogP contribution in [0, 0.1) is 18.5 Å². The van der Waals surface area contributed by atoms with Crippen molar-refractivity contribution >= 4 is 12.2 Å². The lowest BCUT2D eigenvalue weighted by Crippen LogP contribution is -1.95. The van der Waals surface area contributed by atoms with Crippen molar-refractivity contribution in [3.8, 4) is 11.3 Å². The lowest BCUT2D eigenvalue weighted by atomic mass is 10.0. The zero-order valence-corrected chi connectivity index (χ0v) is 11.5. The Labute approximate surface area is 112 Å². The van der Waals surface area contributed by atoms with E-state index in [2.05, 4.69) is 42.0 Å². The van der Waals surface area contributed by atoms with E-state index in [1.165, 1.54) is 29.5 Å². The molecule has 0 saturated heterocycles. The molecule has 1 heterocycles. The minimum atomic E-state index is 0.595. The molecule has 1 fully saturated rings. The molecular formula is C15H16N2S. The number of benzene rings is 1. The molecule has 1 N–H and O–H groups in total. The highest BCUT2D eigenvalue weighted by molar-refractivity contribution is 7.71. The topological polar surface area (TPSA) is 28.7 Å². The standard InChI is InChI=1S/C15H16N2S/c1-9-5-10(2)7-12(6-9)13-8-14(18)17-15(16-13)11-3-4-11/h5-8,11H,3-4H2,1-2H3,(H,16,17,18). The van der Waals surface area contributed by atoms with Gasteiger partial charge in [-0.15, -0.1) is 0 Å². The van der Waals surface area contributed by atoms with Crippen molar-refractivity contribution < 1.29 is 0 Å². The van der Waals surface area contributed by atoms with E-state index < -0.39 is 0 Å². The molecule has 1 aliphatic carbocycles. The molecule has 0 amide bonds. The van der Waals surface area contributed by atoms with Gasteiger partial charge in [0.15, 0.2) is 0 Å². The number of aromatic amines is 1. The summed E-state index contributed by atoms with van der Waals surface area (Å²) in [7, 11) is 0. The Hall–Kier alpha value is -1.48. The van der Waals surface area contributed by atoms with Crippen molar-refractivity contribution in [1.82, 2.24) is 9.97 Å². The van der Waals surface area contributed by atoms with Crippen LogP contribution in [-0.2, 0) is 0 Å². The van der Waals surface area contributed by atoms with Crippen LogP contribution in [0.15, 0.2) is 24.3 Å². The Morgan fingerprint density at radius 1 is 1.11 bits per heavy atom. The van der Waals surface area contributed by atoms with E-state index in [-0.39, 0.29) is 0 Å². The molecule has 92 valence electrons. The van der Waals surface area contributed by atoms with Gasteiger partial charge in [-0.1, -0.05) is 29.4 Å². The van der Waals surface area contributed by atoms with E-state index in [1.54, 1.807) is 0 Å². The first kappa shape index (κ1) is 11.6. The number of rotatable bonds is 2. The summed E-state index contributed by atoms with van der Waals surface area (Å²) in [6, 6.07) is 8.51. The number of nitrogens with one attached hydrogen (secondary N) is 1. The van der Waals surface area contributed by atoms with Crippen LogP contribution in [0.25, 0.3) is 11.3 Å². The molecule has 0 bridgehead atoms. The van der Waals surface area contributed by atoms with Gasteiger partial charge < -0.3 is 4.98 Å². The first-order valence-corrected chi connectivity index (χ1v) is 6.72. The van der Waals surface area contributed by atoms with Crippen LogP contribution in [0.5, 0.6) is 0 Å². The molecule has 1 saturated carbocycles. The number of hydrogen-bond donors (Lipinski definition) is 1. The van der Waals surface area contributed by atoms with Crippen molar-refractivity contribution in [2.45, 2.75) is 32.6 Å². The maximum Gasteiger partial charge on any atom is 0.130 e. The molecule has 18 heavy (non-hydrogen) atoms. The predicted molar refractivity (Wildman–Crippen MR) is 76.3 cm³/mol. The van der Waals surface area contributed by atoms with Gasteiger partial charge in [0, 0.05) is 11.6 Å². The highest BCUT2D eigenvalue weighted by atomic mass is 32.1. The Bertz CT molecular complexity index is 634. The first-order valence-electron chi connectivity index (χ1n) is 6.32. The van der Waals surface area contributed by atoms with Crippen LogP contribution >= 0.6 is 12.2 Å². The van der Waals surface area contributed by atoms with Gasteiger partial charge in [-0.25, -0.2) is 4.98 Å². The number of aromatic nitrogens is 2. The minimum absolute atomic E-state index is 0.595. The van der Waals surface area contributed by atoms with Crippen molar-refractivity contribution in [3.05, 3.63) is 45.9 Å². The lowest BCUT2D eigenvalue weighted by Gasteiger charge is -2.07. The second-order valence-corrected chi connectivity index (χ2v) is 5.59. The van der Waals surface area contributed by atoms with E-state index in [1.807, 2.05) is 6.07 Å². The van der Waals surface area contributed by atoms with Gasteiger partial charge in [-0.2, -0.15) is 0 Å². The summed E-state index contributed by atoms with van der Waals surface area (Å²) >= 11 is 5.27. The molecule has 2 nitrogen and oxygen atoms in total. The fraction of sp³-hybridized carbons (Fsp3) is 0.333. The largest absolute Gasteiger partial charge is 0.343 e. The van der Waals surface area contributed by atoms with Crippen LogP contribution in [0.4, 0.5) is 0 Å². The quantitative estimate of drug-likeness (QED) is 0.811. The summed E-state index contributed by atoms with van der Waals surface area (Å²) in [5.41, 5.74) is 4.83. The van der Waals surface area contributed by atoms with Crippen molar-refractivity contribution in [3.63, 3.8) is 0 Å². The Morgan fingerprint density at radius 3 is 2.39 bits per heavy atom. The van der Waals surface area contributed by atoms with E-state index in [0.29, 0.717) is 10.6 Å². The summed E-state index contributed by atoms with van der Waals surface area (Å²) in [5, 5.41) is 0. The minimum Gasteiger partial charge on any atom is -0.343 e. The van der Waals surface area contributed by atoms with Crippen molar-refractivity contribution in [2.24, 2.45) is 0 Å². The number of H-pyrrole nitrogens is 1. The molecule has 0 atom stereocenters. The smallest absolute Gasteiger partial charge is 0.130 e. The average molecular weight is 256 g/mol. The second-order valence-electron chi connectivity index (χ2n) is 5.17. The highest BCUT2D eigenvalue weighted by Crippen LogP contribution is 2.38. The Morgan fingerprint density at radius 2 is 1.78 bits per heavy atom. The van der Waals surface area contributed by atoms with Gasteiger partial charge in [0.25, 0.3) is 0 Å². The summed E-state index contributed by atoms with van der Waals surface area (Å²) in [4.78, 5) is 7.87. The van der Waals surface area contributed by atoms with Crippen LogP contribution in [0.3, 0.4) is 0 Å². The highest BCUT2D eigenvalue weighted by Gasteiger charge is 2.26. The molecule has 2 aromatic rings. The van der Waals surface area contributed by atoms with E-state index in [9.17, 15) is 0 Å². The zero-order valence-electron chi connectivity index (χ0n) is 10.7. The molecule has 1 aliphatic rings. The van der Waals surface area contributed by atoms with E-state index in [4.69, 9.17) is 12.2 Å². The molecular weight excluding hydrogens is 240 g/mol. The van der Waals surface area contributed by atoms with Gasteiger partial charge in [0.1, 0.15) is 10.5 Å². The first-order chi connectivity index (χ1) is 8.61. The van der Waals surface area contributed by atoms with Crippen molar-refractivity contribution in [2.75, 3.05) is 0 Å². The molecule has 0 unspecified atom stereocenters. The van der Waals surface area contributed by atoms with Crippen molar-refractivity contribution in [1.29, 1.82) is 0 Å². The predicted octanol–water partition coefficient (Wildman–Crippen LogP) is 4.30. The maximum atomic E-state index is 5.27. The van der Waals surface area contributed by atoms with Gasteiger partial charge >= 0.3 is 0 Å². The van der Waals surface area contributed by atoms with Gasteiger partial charge in [0.2, 0.25) is 0 Å². The maximum absolute atomic E-state index is 5.27. The number of aryl methyl sites for hydroxylation is 2. The number of hydrogen-bond acceptors (Lipinski definition) is 2. The SMILES string of the molecule is Cc1cc(C)cc(-c2cc(=S)nc(C3CC3)[nH]2)c1. The van der Waals surface area contributed by atoms with Gasteiger partial charge in [-0.3, -0.25) is 0 Å². The molecule has 1 aromatic carbocycles. The second kappa shape index (κ2) is 4.32. The molecule has 0 radical (unpaired) electrons. The summed E-state index contributed by atoms with van der Waals surface area (Å²) in [5.74, 6) is 1.65. The van der Waals surface area contributed by atoms with Crippen LogP contribution in [0.1, 0.15) is 35.7 Å². The summed E-state index contributed by atoms with van der Waals surface area (Å²) in [6.45, 7) is 4.24. The Balaban J connectivity index is 2.12. The van der Waals surface area contributed by atoms with E-state index >= 15 is 0 Å². The molecule has 3 heteroatoms. The Kier molecular flexibility index (Phi) is 2.78. The van der Waals surface area contributed by atoms with Gasteiger partial charge in [-0.05, 0) is 50.5 Å². The molecule has 0 aliphatic heterocycles. The molecule has 3 rings (SSSR count). The fourth-order valence-electron chi connectivity index (χ4n) is 2.31. The van der Waals surface area contributed by atoms with Crippen LogP contribution in [0.2, 0.25) is 0 Å². The van der Waals surface area contributed by atoms with Gasteiger partial charge in [0.05, 0.1) is 0 Å². The van der Waals surface area contributed by atoms with E-state index in [0.717, 1.165) is 11.5 Å².